The number of anilines is 1. The molecule has 0 saturated carbocycles. The normalized spacial score (nSPS) is 28.2. The number of benzene rings is 1. The lowest BCUT2D eigenvalue weighted by Gasteiger charge is -2.33. The molecule has 0 bridgehead atoms. The van der Waals surface area contributed by atoms with Crippen LogP contribution in [0.5, 0.6) is 0 Å². The van der Waals surface area contributed by atoms with Crippen molar-refractivity contribution >= 4 is 5.69 Å². The van der Waals surface area contributed by atoms with Crippen molar-refractivity contribution in [3.05, 3.63) is 29.3 Å². The van der Waals surface area contributed by atoms with Gasteiger partial charge in [0, 0.05) is 24.8 Å². The lowest BCUT2D eigenvalue weighted by molar-refractivity contribution is 0.447. The zero-order valence-corrected chi connectivity index (χ0v) is 10.7. The van der Waals surface area contributed by atoms with Gasteiger partial charge in [-0.2, -0.15) is 0 Å². The molecule has 0 spiro atoms. The van der Waals surface area contributed by atoms with Crippen LogP contribution in [0.2, 0.25) is 0 Å². The third kappa shape index (κ3) is 2.06. The molecular formula is C15H22N2. The largest absolute Gasteiger partial charge is 0.371 e. The topological polar surface area (TPSA) is 29.3 Å². The molecule has 1 heterocycles. The fraction of sp³-hybridized carbons (Fsp3) is 0.600. The lowest BCUT2D eigenvalue weighted by atomic mass is 9.99. The third-order valence-corrected chi connectivity index (χ3v) is 4.27. The minimum absolute atomic E-state index is 0.277. The molecule has 1 aliphatic carbocycles. The van der Waals surface area contributed by atoms with E-state index >= 15 is 0 Å². The van der Waals surface area contributed by atoms with Gasteiger partial charge in [-0.15, -0.1) is 0 Å². The van der Waals surface area contributed by atoms with E-state index in [0.29, 0.717) is 0 Å². The van der Waals surface area contributed by atoms with E-state index in [4.69, 9.17) is 5.73 Å². The Kier molecular flexibility index (Phi) is 2.83. The van der Waals surface area contributed by atoms with Gasteiger partial charge in [-0.1, -0.05) is 13.0 Å². The summed E-state index contributed by atoms with van der Waals surface area (Å²) < 4.78 is 0. The summed E-state index contributed by atoms with van der Waals surface area (Å²) in [5, 5.41) is 0. The van der Waals surface area contributed by atoms with Gasteiger partial charge >= 0.3 is 0 Å². The van der Waals surface area contributed by atoms with Crippen molar-refractivity contribution in [3.8, 4) is 0 Å². The SMILES string of the molecule is CC1CCCN(c2ccc3c(c2)CCC3N)C1. The van der Waals surface area contributed by atoms with E-state index in [1.54, 1.807) is 0 Å². The van der Waals surface area contributed by atoms with Crippen LogP contribution in [0.15, 0.2) is 18.2 Å². The van der Waals surface area contributed by atoms with E-state index in [9.17, 15) is 0 Å². The highest BCUT2D eigenvalue weighted by atomic mass is 15.1. The molecule has 92 valence electrons. The Hall–Kier alpha value is -1.02. The minimum Gasteiger partial charge on any atom is -0.371 e. The van der Waals surface area contributed by atoms with E-state index in [-0.39, 0.29) is 6.04 Å². The summed E-state index contributed by atoms with van der Waals surface area (Å²) in [4.78, 5) is 2.54. The highest BCUT2D eigenvalue weighted by Crippen LogP contribution is 2.33. The Morgan fingerprint density at radius 2 is 2.18 bits per heavy atom. The Morgan fingerprint density at radius 1 is 1.29 bits per heavy atom. The van der Waals surface area contributed by atoms with Crippen LogP contribution in [-0.4, -0.2) is 13.1 Å². The molecular weight excluding hydrogens is 208 g/mol. The highest BCUT2D eigenvalue weighted by Gasteiger charge is 2.21. The summed E-state index contributed by atoms with van der Waals surface area (Å²) in [5.74, 6) is 0.833. The van der Waals surface area contributed by atoms with Crippen molar-refractivity contribution < 1.29 is 0 Å². The Bertz CT molecular complexity index is 413. The van der Waals surface area contributed by atoms with Gasteiger partial charge in [0.15, 0.2) is 0 Å². The van der Waals surface area contributed by atoms with Crippen LogP contribution in [-0.2, 0) is 6.42 Å². The van der Waals surface area contributed by atoms with Crippen LogP contribution in [0, 0.1) is 5.92 Å². The van der Waals surface area contributed by atoms with Crippen molar-refractivity contribution in [3.63, 3.8) is 0 Å². The predicted octanol–water partition coefficient (Wildman–Crippen LogP) is 2.87. The first-order valence-corrected chi connectivity index (χ1v) is 6.87. The number of rotatable bonds is 1. The second-order valence-electron chi connectivity index (χ2n) is 5.72. The van der Waals surface area contributed by atoms with Crippen molar-refractivity contribution in [2.24, 2.45) is 11.7 Å². The van der Waals surface area contributed by atoms with Crippen molar-refractivity contribution in [2.75, 3.05) is 18.0 Å². The highest BCUT2D eigenvalue weighted by molar-refractivity contribution is 5.53. The average Bonchev–Trinajstić information content (AvgIpc) is 2.71. The molecule has 2 nitrogen and oxygen atoms in total. The number of hydrogen-bond donors (Lipinski definition) is 1. The number of aryl methyl sites for hydroxylation is 1. The molecule has 17 heavy (non-hydrogen) atoms. The molecule has 1 aromatic rings. The summed E-state index contributed by atoms with van der Waals surface area (Å²) in [6.07, 6.45) is 4.99. The lowest BCUT2D eigenvalue weighted by Crippen LogP contribution is -2.34. The second-order valence-corrected chi connectivity index (χ2v) is 5.72. The maximum Gasteiger partial charge on any atom is 0.0369 e. The van der Waals surface area contributed by atoms with Crippen LogP contribution in [0.4, 0.5) is 5.69 Å². The van der Waals surface area contributed by atoms with E-state index < -0.39 is 0 Å². The first-order valence-electron chi connectivity index (χ1n) is 6.87. The standard InChI is InChI=1S/C15H22N2/c1-11-3-2-8-17(10-11)13-5-6-14-12(9-13)4-7-15(14)16/h5-6,9,11,15H,2-4,7-8,10,16H2,1H3. The van der Waals surface area contributed by atoms with Crippen LogP contribution < -0.4 is 10.6 Å². The van der Waals surface area contributed by atoms with Gasteiger partial charge < -0.3 is 10.6 Å². The van der Waals surface area contributed by atoms with Gasteiger partial charge in [-0.3, -0.25) is 0 Å². The average molecular weight is 230 g/mol. The zero-order chi connectivity index (χ0) is 11.8. The Labute approximate surface area is 104 Å². The number of nitrogens with zero attached hydrogens (tertiary/aromatic N) is 1. The van der Waals surface area contributed by atoms with E-state index in [0.717, 1.165) is 18.8 Å². The number of fused-ring (bicyclic) bond motifs is 1. The van der Waals surface area contributed by atoms with Crippen LogP contribution in [0.25, 0.3) is 0 Å². The number of nitrogens with two attached hydrogens (primary N) is 1. The van der Waals surface area contributed by atoms with Gasteiger partial charge in [0.05, 0.1) is 0 Å². The molecule has 2 heteroatoms. The number of piperidine rings is 1. The summed E-state index contributed by atoms with van der Waals surface area (Å²) >= 11 is 0. The maximum atomic E-state index is 6.08. The first kappa shape index (κ1) is 11.1. The van der Waals surface area contributed by atoms with E-state index in [1.165, 1.54) is 42.7 Å². The molecule has 1 saturated heterocycles. The molecule has 3 rings (SSSR count). The third-order valence-electron chi connectivity index (χ3n) is 4.27. The van der Waals surface area contributed by atoms with Crippen molar-refractivity contribution in [1.82, 2.24) is 0 Å². The van der Waals surface area contributed by atoms with Crippen molar-refractivity contribution in [2.45, 2.75) is 38.6 Å². The summed E-state index contributed by atoms with van der Waals surface area (Å²) in [7, 11) is 0. The number of hydrogen-bond acceptors (Lipinski definition) is 2. The van der Waals surface area contributed by atoms with Gasteiger partial charge in [-0.05, 0) is 54.9 Å². The first-order chi connectivity index (χ1) is 8.24. The van der Waals surface area contributed by atoms with E-state index in [1.807, 2.05) is 0 Å². The molecule has 2 N–H and O–H groups in total. The van der Waals surface area contributed by atoms with Crippen LogP contribution in [0.3, 0.4) is 0 Å². The molecule has 2 aliphatic rings. The smallest absolute Gasteiger partial charge is 0.0369 e. The fourth-order valence-corrected chi connectivity index (χ4v) is 3.26. The Balaban J connectivity index is 1.84. The molecule has 2 unspecified atom stereocenters. The summed E-state index contributed by atoms with van der Waals surface area (Å²) in [6.45, 7) is 4.79. The second kappa shape index (κ2) is 4.34. The zero-order valence-electron chi connectivity index (χ0n) is 10.7. The molecule has 2 atom stereocenters. The summed E-state index contributed by atoms with van der Waals surface area (Å²) in [5.41, 5.74) is 10.3. The van der Waals surface area contributed by atoms with Gasteiger partial charge in [0.25, 0.3) is 0 Å². The van der Waals surface area contributed by atoms with E-state index in [2.05, 4.69) is 30.0 Å². The maximum absolute atomic E-state index is 6.08. The van der Waals surface area contributed by atoms with Gasteiger partial charge in [0.2, 0.25) is 0 Å². The van der Waals surface area contributed by atoms with Crippen molar-refractivity contribution in [1.29, 1.82) is 0 Å². The van der Waals surface area contributed by atoms with Gasteiger partial charge in [0.1, 0.15) is 0 Å². The molecule has 0 aromatic heterocycles. The Morgan fingerprint density at radius 3 is 3.00 bits per heavy atom. The monoisotopic (exact) mass is 230 g/mol. The van der Waals surface area contributed by atoms with Crippen LogP contribution in [0.1, 0.15) is 43.4 Å². The quantitative estimate of drug-likeness (QED) is 0.804. The molecule has 0 amide bonds. The van der Waals surface area contributed by atoms with Gasteiger partial charge in [-0.25, -0.2) is 0 Å². The molecule has 0 radical (unpaired) electrons. The molecule has 1 fully saturated rings. The predicted molar refractivity (Wildman–Crippen MR) is 72.3 cm³/mol. The fourth-order valence-electron chi connectivity index (χ4n) is 3.26. The molecule has 1 aromatic carbocycles. The summed E-state index contributed by atoms with van der Waals surface area (Å²) in [6, 6.07) is 7.17. The minimum atomic E-state index is 0.277. The molecule has 1 aliphatic heterocycles. The van der Waals surface area contributed by atoms with Crippen LogP contribution >= 0.6 is 0 Å².